The number of rotatable bonds is 12. The molecule has 0 aliphatic heterocycles. The molecule has 116 valence electrons. The predicted molar refractivity (Wildman–Crippen MR) is 77.9 cm³/mol. The molecule has 0 saturated heterocycles. The van der Waals surface area contributed by atoms with Crippen LogP contribution >= 0.6 is 0 Å². The summed E-state index contributed by atoms with van der Waals surface area (Å²) in [4.78, 5) is 0. The molecule has 0 aromatic rings. The molecule has 0 atom stereocenters. The van der Waals surface area contributed by atoms with Crippen LogP contribution in [0.3, 0.4) is 0 Å². The summed E-state index contributed by atoms with van der Waals surface area (Å²) >= 11 is 0. The molecule has 0 heterocycles. The molecular weight excluding hydrogens is 288 g/mol. The standard InChI is InChI=1S/C12H26O5S2/c1-18(13,14)11-7-3-5-9-17-10-6-4-8-12-19(2,15)16/h3-12H2,1-2H3. The van der Waals surface area contributed by atoms with E-state index in [1.165, 1.54) is 12.5 Å². The van der Waals surface area contributed by atoms with Crippen molar-refractivity contribution in [1.82, 2.24) is 0 Å². The lowest BCUT2D eigenvalue weighted by Gasteiger charge is -2.04. The SMILES string of the molecule is CS(=O)(=O)CCCCCOCCCCCS(C)(=O)=O. The molecule has 0 N–H and O–H groups in total. The first kappa shape index (κ1) is 18.9. The maximum atomic E-state index is 10.9. The second kappa shape index (κ2) is 9.72. The van der Waals surface area contributed by atoms with Gasteiger partial charge in [-0.3, -0.25) is 0 Å². The van der Waals surface area contributed by atoms with Gasteiger partial charge >= 0.3 is 0 Å². The van der Waals surface area contributed by atoms with E-state index >= 15 is 0 Å². The van der Waals surface area contributed by atoms with Gasteiger partial charge in [0.05, 0.1) is 0 Å². The van der Waals surface area contributed by atoms with Gasteiger partial charge in [0.25, 0.3) is 0 Å². The first-order valence-corrected chi connectivity index (χ1v) is 10.8. The van der Waals surface area contributed by atoms with Crippen molar-refractivity contribution >= 4 is 19.7 Å². The minimum atomic E-state index is -2.83. The van der Waals surface area contributed by atoms with Crippen LogP contribution in [0.25, 0.3) is 0 Å². The number of hydrogen-bond acceptors (Lipinski definition) is 5. The lowest BCUT2D eigenvalue weighted by molar-refractivity contribution is 0.126. The largest absolute Gasteiger partial charge is 0.381 e. The molecule has 0 aliphatic carbocycles. The van der Waals surface area contributed by atoms with Crippen molar-refractivity contribution in [1.29, 1.82) is 0 Å². The van der Waals surface area contributed by atoms with Crippen LogP contribution in [0.1, 0.15) is 38.5 Å². The van der Waals surface area contributed by atoms with E-state index in [2.05, 4.69) is 0 Å². The summed E-state index contributed by atoms with van der Waals surface area (Å²) in [6.45, 7) is 1.30. The summed E-state index contributed by atoms with van der Waals surface area (Å²) in [5.74, 6) is 0.497. The fourth-order valence-corrected chi connectivity index (χ4v) is 3.05. The lowest BCUT2D eigenvalue weighted by Crippen LogP contribution is -2.04. The van der Waals surface area contributed by atoms with Crippen molar-refractivity contribution in [3.63, 3.8) is 0 Å². The first-order chi connectivity index (χ1) is 8.71. The number of hydrogen-bond donors (Lipinski definition) is 0. The highest BCUT2D eigenvalue weighted by Gasteiger charge is 2.02. The molecule has 0 radical (unpaired) electrons. The quantitative estimate of drug-likeness (QED) is 0.509. The van der Waals surface area contributed by atoms with Gasteiger partial charge in [-0.05, 0) is 25.7 Å². The van der Waals surface area contributed by atoms with Crippen LogP contribution in [0.15, 0.2) is 0 Å². The van der Waals surface area contributed by atoms with Gasteiger partial charge in [-0.15, -0.1) is 0 Å². The topological polar surface area (TPSA) is 77.5 Å². The van der Waals surface area contributed by atoms with Gasteiger partial charge in [-0.1, -0.05) is 12.8 Å². The van der Waals surface area contributed by atoms with Gasteiger partial charge in [0.1, 0.15) is 19.7 Å². The predicted octanol–water partition coefficient (Wildman–Crippen LogP) is 1.43. The molecular formula is C12H26O5S2. The number of ether oxygens (including phenoxy) is 1. The van der Waals surface area contributed by atoms with Crippen molar-refractivity contribution in [3.05, 3.63) is 0 Å². The fourth-order valence-electron chi connectivity index (χ4n) is 1.59. The van der Waals surface area contributed by atoms with Gasteiger partial charge in [0.2, 0.25) is 0 Å². The van der Waals surface area contributed by atoms with E-state index in [0.29, 0.717) is 26.1 Å². The van der Waals surface area contributed by atoms with E-state index in [1.54, 1.807) is 0 Å². The normalized spacial score (nSPS) is 12.7. The van der Waals surface area contributed by atoms with Crippen molar-refractivity contribution in [3.8, 4) is 0 Å². The van der Waals surface area contributed by atoms with Gasteiger partial charge in [-0.25, -0.2) is 16.8 Å². The molecule has 0 fully saturated rings. The Morgan fingerprint density at radius 1 is 0.632 bits per heavy atom. The zero-order chi connectivity index (χ0) is 14.8. The molecule has 0 rings (SSSR count). The Hall–Kier alpha value is -0.140. The minimum Gasteiger partial charge on any atom is -0.381 e. The average molecular weight is 314 g/mol. The van der Waals surface area contributed by atoms with Gasteiger partial charge in [0.15, 0.2) is 0 Å². The Bertz CT molecular complexity index is 371. The molecule has 0 aromatic carbocycles. The zero-order valence-electron chi connectivity index (χ0n) is 11.9. The molecule has 0 bridgehead atoms. The molecule has 0 amide bonds. The van der Waals surface area contributed by atoms with Crippen LogP contribution in [0.2, 0.25) is 0 Å². The average Bonchev–Trinajstić information content (AvgIpc) is 2.22. The third-order valence-corrected chi connectivity index (χ3v) is 4.67. The summed E-state index contributed by atoms with van der Waals surface area (Å²) in [5, 5.41) is 0. The van der Waals surface area contributed by atoms with E-state index in [-0.39, 0.29) is 11.5 Å². The highest BCUT2D eigenvalue weighted by molar-refractivity contribution is 7.90. The van der Waals surface area contributed by atoms with Crippen molar-refractivity contribution in [2.75, 3.05) is 37.2 Å². The van der Waals surface area contributed by atoms with Crippen LogP contribution in [0, 0.1) is 0 Å². The van der Waals surface area contributed by atoms with Gasteiger partial charge in [0, 0.05) is 37.2 Å². The second-order valence-corrected chi connectivity index (χ2v) is 9.51. The smallest absolute Gasteiger partial charge is 0.147 e. The Morgan fingerprint density at radius 3 is 1.32 bits per heavy atom. The molecule has 0 spiro atoms. The highest BCUT2D eigenvalue weighted by Crippen LogP contribution is 2.02. The van der Waals surface area contributed by atoms with Crippen molar-refractivity contribution < 1.29 is 21.6 Å². The fraction of sp³-hybridized carbons (Fsp3) is 1.00. The van der Waals surface area contributed by atoms with Gasteiger partial charge < -0.3 is 4.74 Å². The Balaban J connectivity index is 3.20. The monoisotopic (exact) mass is 314 g/mol. The van der Waals surface area contributed by atoms with Crippen LogP contribution < -0.4 is 0 Å². The van der Waals surface area contributed by atoms with Gasteiger partial charge in [-0.2, -0.15) is 0 Å². The first-order valence-electron chi connectivity index (χ1n) is 6.64. The maximum absolute atomic E-state index is 10.9. The summed E-state index contributed by atoms with van der Waals surface area (Å²) < 4.78 is 48.9. The van der Waals surface area contributed by atoms with E-state index in [4.69, 9.17) is 4.74 Å². The van der Waals surface area contributed by atoms with E-state index in [0.717, 1.165) is 25.7 Å². The molecule has 7 heteroatoms. The summed E-state index contributed by atoms with van der Waals surface area (Å²) in [7, 11) is -5.67. The molecule has 19 heavy (non-hydrogen) atoms. The third-order valence-electron chi connectivity index (χ3n) is 2.61. The third kappa shape index (κ3) is 17.9. The molecule has 5 nitrogen and oxygen atoms in total. The highest BCUT2D eigenvalue weighted by atomic mass is 32.2. The van der Waals surface area contributed by atoms with Crippen LogP contribution in [0.4, 0.5) is 0 Å². The van der Waals surface area contributed by atoms with Crippen LogP contribution in [0.5, 0.6) is 0 Å². The van der Waals surface area contributed by atoms with Crippen molar-refractivity contribution in [2.24, 2.45) is 0 Å². The Labute approximate surface area is 117 Å². The van der Waals surface area contributed by atoms with Crippen LogP contribution in [-0.4, -0.2) is 54.1 Å². The Kier molecular flexibility index (Phi) is 9.64. The minimum absolute atomic E-state index is 0.249. The lowest BCUT2D eigenvalue weighted by atomic mass is 10.2. The van der Waals surface area contributed by atoms with Crippen LogP contribution in [-0.2, 0) is 24.4 Å². The summed E-state index contributed by atoms with van der Waals surface area (Å²) in [5.41, 5.74) is 0. The van der Waals surface area contributed by atoms with E-state index < -0.39 is 19.7 Å². The number of unbranched alkanes of at least 4 members (excludes halogenated alkanes) is 4. The summed E-state index contributed by atoms with van der Waals surface area (Å²) in [6, 6.07) is 0. The van der Waals surface area contributed by atoms with E-state index in [9.17, 15) is 16.8 Å². The number of sulfone groups is 2. The maximum Gasteiger partial charge on any atom is 0.147 e. The molecule has 0 aliphatic rings. The zero-order valence-corrected chi connectivity index (χ0v) is 13.6. The second-order valence-electron chi connectivity index (χ2n) is 4.99. The Morgan fingerprint density at radius 2 is 1.00 bits per heavy atom. The molecule has 0 unspecified atom stereocenters. The van der Waals surface area contributed by atoms with E-state index in [1.807, 2.05) is 0 Å². The molecule has 0 aromatic heterocycles. The molecule has 0 saturated carbocycles. The summed E-state index contributed by atoms with van der Waals surface area (Å²) in [6.07, 6.45) is 7.35. The van der Waals surface area contributed by atoms with Crippen molar-refractivity contribution in [2.45, 2.75) is 38.5 Å².